The SMILES string of the molecule is CS[C@H]1CO[C@H](C(=O)N[C@H](C#N)Cc2ccc(-c3ccc4oc(=O)n(C)c4c3)cc2)CN[C@@H]1C. The molecule has 1 aliphatic heterocycles. The molecule has 8 nitrogen and oxygen atoms in total. The Balaban J connectivity index is 1.40. The van der Waals surface area contributed by atoms with E-state index in [1.165, 1.54) is 4.57 Å². The van der Waals surface area contributed by atoms with Crippen molar-refractivity contribution in [2.24, 2.45) is 7.05 Å². The van der Waals surface area contributed by atoms with Crippen LogP contribution in [-0.4, -0.2) is 53.3 Å². The third-order valence-corrected chi connectivity index (χ3v) is 7.38. The minimum absolute atomic E-state index is 0.247. The second-order valence-corrected chi connectivity index (χ2v) is 9.57. The normalized spacial score (nSPS) is 21.5. The number of carbonyl (C=O) groups excluding carboxylic acids is 1. The van der Waals surface area contributed by atoms with E-state index in [2.05, 4.69) is 23.6 Å². The lowest BCUT2D eigenvalue weighted by atomic mass is 10.0. The molecular formula is C25H28N4O4S. The van der Waals surface area contributed by atoms with E-state index in [1.807, 2.05) is 42.7 Å². The fourth-order valence-corrected chi connectivity index (χ4v) is 4.77. The van der Waals surface area contributed by atoms with Crippen LogP contribution in [-0.2, 0) is 23.0 Å². The molecule has 1 aromatic heterocycles. The first-order chi connectivity index (χ1) is 16.4. The predicted octanol–water partition coefficient (Wildman–Crippen LogP) is 2.46. The van der Waals surface area contributed by atoms with Gasteiger partial charge in [0.05, 0.1) is 18.2 Å². The van der Waals surface area contributed by atoms with Gasteiger partial charge in [-0.2, -0.15) is 17.0 Å². The lowest BCUT2D eigenvalue weighted by molar-refractivity contribution is -0.132. The number of rotatable bonds is 6. The van der Waals surface area contributed by atoms with Gasteiger partial charge in [0, 0.05) is 31.3 Å². The van der Waals surface area contributed by atoms with Gasteiger partial charge in [0.1, 0.15) is 12.1 Å². The summed E-state index contributed by atoms with van der Waals surface area (Å²) in [6.07, 6.45) is 1.80. The maximum atomic E-state index is 12.7. The molecule has 9 heteroatoms. The molecule has 1 amide bonds. The molecule has 0 aliphatic carbocycles. The van der Waals surface area contributed by atoms with Crippen LogP contribution in [0.3, 0.4) is 0 Å². The molecule has 0 bridgehead atoms. The Morgan fingerprint density at radius 2 is 2.03 bits per heavy atom. The smallest absolute Gasteiger partial charge is 0.408 e. The van der Waals surface area contributed by atoms with Gasteiger partial charge in [-0.15, -0.1) is 0 Å². The van der Waals surface area contributed by atoms with E-state index in [0.717, 1.165) is 22.2 Å². The van der Waals surface area contributed by atoms with Crippen LogP contribution in [0.2, 0.25) is 0 Å². The Morgan fingerprint density at radius 3 is 2.74 bits per heavy atom. The van der Waals surface area contributed by atoms with Crippen molar-refractivity contribution in [2.75, 3.05) is 19.4 Å². The van der Waals surface area contributed by atoms with Crippen molar-refractivity contribution in [3.05, 3.63) is 58.6 Å². The number of nitrogens with one attached hydrogen (secondary N) is 2. The Labute approximate surface area is 202 Å². The van der Waals surface area contributed by atoms with E-state index in [-0.39, 0.29) is 17.2 Å². The molecule has 0 spiro atoms. The number of nitrogens with zero attached hydrogens (tertiary/aromatic N) is 2. The molecule has 2 aromatic carbocycles. The van der Waals surface area contributed by atoms with Crippen molar-refractivity contribution in [3.63, 3.8) is 0 Å². The number of thioether (sulfide) groups is 1. The van der Waals surface area contributed by atoms with Gasteiger partial charge in [-0.3, -0.25) is 9.36 Å². The monoisotopic (exact) mass is 480 g/mol. The maximum absolute atomic E-state index is 12.7. The quantitative estimate of drug-likeness (QED) is 0.558. The van der Waals surface area contributed by atoms with Crippen LogP contribution in [0.1, 0.15) is 12.5 Å². The lowest BCUT2D eigenvalue weighted by Gasteiger charge is -2.18. The summed E-state index contributed by atoms with van der Waals surface area (Å²) in [5.41, 5.74) is 4.14. The van der Waals surface area contributed by atoms with Gasteiger partial charge in [0.25, 0.3) is 5.91 Å². The number of aromatic nitrogens is 1. The topological polar surface area (TPSA) is 109 Å². The maximum Gasteiger partial charge on any atom is 0.419 e. The van der Waals surface area contributed by atoms with Crippen LogP contribution in [0.25, 0.3) is 22.2 Å². The number of nitriles is 1. The van der Waals surface area contributed by atoms with E-state index < -0.39 is 17.9 Å². The summed E-state index contributed by atoms with van der Waals surface area (Å²) in [6.45, 7) is 3.00. The average molecular weight is 481 g/mol. The zero-order valence-corrected chi connectivity index (χ0v) is 20.2. The van der Waals surface area contributed by atoms with E-state index in [4.69, 9.17) is 9.15 Å². The molecule has 2 N–H and O–H groups in total. The molecule has 0 saturated carbocycles. The van der Waals surface area contributed by atoms with Crippen LogP contribution in [0.15, 0.2) is 51.7 Å². The number of oxazole rings is 1. The number of carbonyl (C=O) groups is 1. The van der Waals surface area contributed by atoms with Gasteiger partial charge in [-0.05, 0) is 42.0 Å². The van der Waals surface area contributed by atoms with E-state index in [9.17, 15) is 14.9 Å². The fourth-order valence-electron chi connectivity index (χ4n) is 4.05. The molecule has 0 radical (unpaired) electrons. The number of amides is 1. The molecule has 1 fully saturated rings. The molecule has 4 rings (SSSR count). The first-order valence-corrected chi connectivity index (χ1v) is 12.4. The zero-order chi connectivity index (χ0) is 24.2. The van der Waals surface area contributed by atoms with Crippen LogP contribution >= 0.6 is 11.8 Å². The van der Waals surface area contributed by atoms with Gasteiger partial charge < -0.3 is 19.8 Å². The van der Waals surface area contributed by atoms with Crippen molar-refractivity contribution < 1.29 is 13.9 Å². The molecule has 0 unspecified atom stereocenters. The largest absolute Gasteiger partial charge is 0.419 e. The number of ether oxygens (including phenoxy) is 1. The first-order valence-electron chi connectivity index (χ1n) is 11.2. The van der Waals surface area contributed by atoms with Crippen LogP contribution in [0, 0.1) is 11.3 Å². The third kappa shape index (κ3) is 5.20. The van der Waals surface area contributed by atoms with E-state index >= 15 is 0 Å². The average Bonchev–Trinajstić information content (AvgIpc) is 3.00. The second kappa shape index (κ2) is 10.5. The lowest BCUT2D eigenvalue weighted by Crippen LogP contribution is -2.46. The first kappa shape index (κ1) is 24.1. The molecule has 2 heterocycles. The van der Waals surface area contributed by atoms with Crippen LogP contribution in [0.4, 0.5) is 0 Å². The molecule has 178 valence electrons. The van der Waals surface area contributed by atoms with Crippen LogP contribution < -0.4 is 16.4 Å². The van der Waals surface area contributed by atoms with Gasteiger partial charge >= 0.3 is 5.76 Å². The Hall–Kier alpha value is -3.06. The summed E-state index contributed by atoms with van der Waals surface area (Å²) in [5.74, 6) is -0.667. The number of hydrogen-bond donors (Lipinski definition) is 2. The Kier molecular flexibility index (Phi) is 7.41. The summed E-state index contributed by atoms with van der Waals surface area (Å²) in [4.78, 5) is 24.4. The number of fused-ring (bicyclic) bond motifs is 1. The van der Waals surface area contributed by atoms with Crippen molar-refractivity contribution >= 4 is 28.8 Å². The Morgan fingerprint density at radius 1 is 1.29 bits per heavy atom. The van der Waals surface area contributed by atoms with Crippen molar-refractivity contribution in [1.29, 1.82) is 5.26 Å². The van der Waals surface area contributed by atoms with Gasteiger partial charge in [-0.1, -0.05) is 30.3 Å². The summed E-state index contributed by atoms with van der Waals surface area (Å²) in [5, 5.41) is 16.1. The second-order valence-electron chi connectivity index (χ2n) is 8.49. The molecule has 34 heavy (non-hydrogen) atoms. The number of benzene rings is 2. The summed E-state index contributed by atoms with van der Waals surface area (Å²) in [7, 11) is 1.68. The number of aryl methyl sites for hydroxylation is 1. The highest BCUT2D eigenvalue weighted by Crippen LogP contribution is 2.24. The van der Waals surface area contributed by atoms with Gasteiger partial charge in [0.15, 0.2) is 5.58 Å². The third-order valence-electron chi connectivity index (χ3n) is 6.23. The van der Waals surface area contributed by atoms with Crippen molar-refractivity contribution in [1.82, 2.24) is 15.2 Å². The minimum Gasteiger partial charge on any atom is -0.408 e. The molecule has 4 atom stereocenters. The highest BCUT2D eigenvalue weighted by molar-refractivity contribution is 7.99. The predicted molar refractivity (Wildman–Crippen MR) is 133 cm³/mol. The highest BCUT2D eigenvalue weighted by Gasteiger charge is 2.29. The Bertz CT molecular complexity index is 1260. The zero-order valence-electron chi connectivity index (χ0n) is 19.4. The van der Waals surface area contributed by atoms with E-state index in [0.29, 0.717) is 25.2 Å². The molecule has 1 aliphatic rings. The highest BCUT2D eigenvalue weighted by atomic mass is 32.2. The summed E-state index contributed by atoms with van der Waals surface area (Å²) >= 11 is 1.71. The number of hydrogen-bond acceptors (Lipinski definition) is 7. The van der Waals surface area contributed by atoms with Crippen LogP contribution in [0.5, 0.6) is 0 Å². The molecular weight excluding hydrogens is 452 g/mol. The fraction of sp³-hybridized carbons (Fsp3) is 0.400. The minimum atomic E-state index is -0.657. The molecule has 3 aromatic rings. The van der Waals surface area contributed by atoms with Gasteiger partial charge in [0.2, 0.25) is 0 Å². The van der Waals surface area contributed by atoms with E-state index in [1.54, 1.807) is 24.9 Å². The van der Waals surface area contributed by atoms with Crippen molar-refractivity contribution in [2.45, 2.75) is 36.8 Å². The van der Waals surface area contributed by atoms with Gasteiger partial charge in [-0.25, -0.2) is 4.79 Å². The summed E-state index contributed by atoms with van der Waals surface area (Å²) < 4.78 is 12.5. The molecule has 1 saturated heterocycles. The standard InChI is InChI=1S/C25H28N4O4S/c1-15-23(34-3)14-32-22(13-27-15)24(30)28-19(12-26)10-16-4-6-17(7-5-16)18-8-9-21-20(11-18)29(2)25(31)33-21/h4-9,11,15,19,22-23,27H,10,13-14H2,1-3H3,(H,28,30)/t15-,19+,22+,23+/m1/s1. The van der Waals surface area contributed by atoms with Crippen molar-refractivity contribution in [3.8, 4) is 17.2 Å². The summed E-state index contributed by atoms with van der Waals surface area (Å²) in [6, 6.07) is 15.2.